The molecular weight excluding hydrogens is 230 g/mol. The van der Waals surface area contributed by atoms with Gasteiger partial charge in [-0.25, -0.2) is 0 Å². The number of rotatable bonds is 6. The zero-order valence-corrected chi connectivity index (χ0v) is 12.2. The molecule has 17 heavy (non-hydrogen) atoms. The molecule has 1 aromatic rings. The predicted molar refractivity (Wildman–Crippen MR) is 76.8 cm³/mol. The average Bonchev–Trinajstić information content (AvgIpc) is 2.28. The summed E-state index contributed by atoms with van der Waals surface area (Å²) in [6.07, 6.45) is 1.06. The van der Waals surface area contributed by atoms with Gasteiger partial charge in [-0.1, -0.05) is 23.8 Å². The molecule has 0 saturated heterocycles. The maximum atomic E-state index is 5.78. The lowest BCUT2D eigenvalue weighted by Gasteiger charge is -2.27. The minimum Gasteiger partial charge on any atom is -0.297 e. The van der Waals surface area contributed by atoms with E-state index in [9.17, 15) is 0 Å². The van der Waals surface area contributed by atoms with Gasteiger partial charge in [0, 0.05) is 18.5 Å². The first-order valence-corrected chi connectivity index (χ1v) is 6.94. The Bertz CT molecular complexity index is 347. The molecule has 0 aliphatic rings. The lowest BCUT2D eigenvalue weighted by molar-refractivity contribution is 0.213. The summed E-state index contributed by atoms with van der Waals surface area (Å²) < 4.78 is 0. The zero-order chi connectivity index (χ0) is 12.8. The minimum atomic E-state index is 0.568. The van der Waals surface area contributed by atoms with Crippen molar-refractivity contribution < 1.29 is 0 Å². The van der Waals surface area contributed by atoms with Gasteiger partial charge >= 0.3 is 0 Å². The minimum absolute atomic E-state index is 0.568. The molecule has 2 heteroatoms. The van der Waals surface area contributed by atoms with E-state index in [1.165, 1.54) is 16.7 Å². The third kappa shape index (κ3) is 4.69. The van der Waals surface area contributed by atoms with Crippen LogP contribution in [0.4, 0.5) is 0 Å². The molecule has 0 N–H and O–H groups in total. The number of nitrogens with zero attached hydrogens (tertiary/aromatic N) is 1. The van der Waals surface area contributed by atoms with E-state index in [0.717, 1.165) is 25.4 Å². The topological polar surface area (TPSA) is 3.24 Å². The van der Waals surface area contributed by atoms with Gasteiger partial charge < -0.3 is 0 Å². The molecule has 0 unspecified atom stereocenters. The van der Waals surface area contributed by atoms with E-state index in [4.69, 9.17) is 11.6 Å². The molecule has 0 atom stereocenters. The lowest BCUT2D eigenvalue weighted by atomic mass is 10.0. The fourth-order valence-corrected chi connectivity index (χ4v) is 2.09. The third-order valence-corrected chi connectivity index (χ3v) is 3.45. The van der Waals surface area contributed by atoms with Crippen molar-refractivity contribution in [2.45, 2.75) is 46.7 Å². The Morgan fingerprint density at radius 2 is 1.94 bits per heavy atom. The van der Waals surface area contributed by atoms with E-state index in [1.54, 1.807) is 0 Å². The van der Waals surface area contributed by atoms with Crippen molar-refractivity contribution in [1.82, 2.24) is 4.90 Å². The largest absolute Gasteiger partial charge is 0.297 e. The van der Waals surface area contributed by atoms with Crippen LogP contribution in [0.5, 0.6) is 0 Å². The first-order chi connectivity index (χ1) is 8.04. The molecule has 0 amide bonds. The van der Waals surface area contributed by atoms with E-state index in [1.807, 2.05) is 0 Å². The Labute approximate surface area is 111 Å². The first kappa shape index (κ1) is 14.5. The molecule has 1 nitrogen and oxygen atoms in total. The van der Waals surface area contributed by atoms with Gasteiger partial charge in [0.1, 0.15) is 0 Å². The van der Waals surface area contributed by atoms with Crippen molar-refractivity contribution in [2.24, 2.45) is 0 Å². The Morgan fingerprint density at radius 1 is 1.24 bits per heavy atom. The highest BCUT2D eigenvalue weighted by Gasteiger charge is 2.11. The van der Waals surface area contributed by atoms with Gasteiger partial charge in [0.05, 0.1) is 0 Å². The van der Waals surface area contributed by atoms with Crippen LogP contribution in [0.15, 0.2) is 18.2 Å². The average molecular weight is 254 g/mol. The van der Waals surface area contributed by atoms with Gasteiger partial charge in [0.25, 0.3) is 0 Å². The van der Waals surface area contributed by atoms with Crippen LogP contribution in [-0.2, 0) is 6.54 Å². The number of alkyl halides is 1. The summed E-state index contributed by atoms with van der Waals surface area (Å²) in [7, 11) is 0. The molecule has 0 bridgehead atoms. The Hall–Kier alpha value is -0.530. The van der Waals surface area contributed by atoms with Gasteiger partial charge in [-0.15, -0.1) is 11.6 Å². The first-order valence-electron chi connectivity index (χ1n) is 6.40. The van der Waals surface area contributed by atoms with Crippen LogP contribution in [0, 0.1) is 13.8 Å². The maximum absolute atomic E-state index is 5.78. The normalized spacial score (nSPS) is 11.5. The van der Waals surface area contributed by atoms with Crippen LogP contribution < -0.4 is 0 Å². The molecule has 1 aromatic carbocycles. The van der Waals surface area contributed by atoms with Crippen molar-refractivity contribution in [3.8, 4) is 0 Å². The molecule has 0 fully saturated rings. The highest BCUT2D eigenvalue weighted by molar-refractivity contribution is 6.17. The highest BCUT2D eigenvalue weighted by Crippen LogP contribution is 2.15. The highest BCUT2D eigenvalue weighted by atomic mass is 35.5. The van der Waals surface area contributed by atoms with Crippen LogP contribution in [0.1, 0.15) is 37.0 Å². The molecular formula is C15H24ClN. The van der Waals surface area contributed by atoms with E-state index in [-0.39, 0.29) is 0 Å². The molecule has 0 saturated carbocycles. The van der Waals surface area contributed by atoms with Crippen molar-refractivity contribution in [3.63, 3.8) is 0 Å². The van der Waals surface area contributed by atoms with Crippen LogP contribution >= 0.6 is 11.6 Å². The van der Waals surface area contributed by atoms with Crippen molar-refractivity contribution >= 4 is 11.6 Å². The van der Waals surface area contributed by atoms with E-state index >= 15 is 0 Å². The fraction of sp³-hybridized carbons (Fsp3) is 0.600. The fourth-order valence-electron chi connectivity index (χ4n) is 1.97. The number of benzene rings is 1. The summed E-state index contributed by atoms with van der Waals surface area (Å²) in [4.78, 5) is 2.49. The Kier molecular flexibility index (Phi) is 6.01. The van der Waals surface area contributed by atoms with Crippen LogP contribution in [0.25, 0.3) is 0 Å². The van der Waals surface area contributed by atoms with E-state index in [2.05, 4.69) is 50.8 Å². The zero-order valence-electron chi connectivity index (χ0n) is 11.5. The quantitative estimate of drug-likeness (QED) is 0.689. The second-order valence-corrected chi connectivity index (χ2v) is 5.41. The number of hydrogen-bond acceptors (Lipinski definition) is 1. The maximum Gasteiger partial charge on any atom is 0.0239 e. The molecule has 0 aliphatic heterocycles. The second-order valence-electron chi connectivity index (χ2n) is 5.04. The number of halogens is 1. The van der Waals surface area contributed by atoms with Gasteiger partial charge in [-0.05, 0) is 51.8 Å². The molecule has 0 heterocycles. The standard InChI is InChI=1S/C15H24ClN/c1-12(2)17(9-5-8-16)11-15-10-13(3)6-7-14(15)4/h6-7,10,12H,5,8-9,11H2,1-4H3. The Morgan fingerprint density at radius 3 is 2.53 bits per heavy atom. The monoisotopic (exact) mass is 253 g/mol. The van der Waals surface area contributed by atoms with Crippen molar-refractivity contribution in [3.05, 3.63) is 34.9 Å². The van der Waals surface area contributed by atoms with Gasteiger partial charge in [0.15, 0.2) is 0 Å². The molecule has 0 spiro atoms. The van der Waals surface area contributed by atoms with Crippen molar-refractivity contribution in [2.75, 3.05) is 12.4 Å². The summed E-state index contributed by atoms with van der Waals surface area (Å²) in [6, 6.07) is 7.26. The number of hydrogen-bond donors (Lipinski definition) is 0. The summed E-state index contributed by atoms with van der Waals surface area (Å²) in [5.74, 6) is 0.746. The van der Waals surface area contributed by atoms with Crippen molar-refractivity contribution in [1.29, 1.82) is 0 Å². The lowest BCUT2D eigenvalue weighted by Crippen LogP contribution is -2.31. The summed E-state index contributed by atoms with van der Waals surface area (Å²) in [5.41, 5.74) is 4.16. The van der Waals surface area contributed by atoms with Crippen LogP contribution in [-0.4, -0.2) is 23.4 Å². The van der Waals surface area contributed by atoms with Gasteiger partial charge in [-0.3, -0.25) is 4.90 Å². The molecule has 96 valence electrons. The summed E-state index contributed by atoms with van der Waals surface area (Å²) in [5, 5.41) is 0. The smallest absolute Gasteiger partial charge is 0.0239 e. The van der Waals surface area contributed by atoms with Gasteiger partial charge in [0.2, 0.25) is 0 Å². The predicted octanol–water partition coefficient (Wildman–Crippen LogP) is 4.14. The SMILES string of the molecule is Cc1ccc(C)c(CN(CCCCl)C(C)C)c1. The van der Waals surface area contributed by atoms with E-state index in [0.29, 0.717) is 6.04 Å². The number of aryl methyl sites for hydroxylation is 2. The molecule has 0 aliphatic carbocycles. The molecule has 0 aromatic heterocycles. The van der Waals surface area contributed by atoms with Gasteiger partial charge in [-0.2, -0.15) is 0 Å². The summed E-state index contributed by atoms with van der Waals surface area (Å²) in [6.45, 7) is 10.9. The van der Waals surface area contributed by atoms with Crippen LogP contribution in [0.3, 0.4) is 0 Å². The van der Waals surface area contributed by atoms with Crippen LogP contribution in [0.2, 0.25) is 0 Å². The summed E-state index contributed by atoms with van der Waals surface area (Å²) >= 11 is 5.78. The van der Waals surface area contributed by atoms with E-state index < -0.39 is 0 Å². The Balaban J connectivity index is 2.74. The third-order valence-electron chi connectivity index (χ3n) is 3.19. The second kappa shape index (κ2) is 7.03. The molecule has 0 radical (unpaired) electrons. The molecule has 1 rings (SSSR count).